The van der Waals surface area contributed by atoms with E-state index in [1.54, 1.807) is 34.3 Å². The van der Waals surface area contributed by atoms with E-state index in [1.165, 1.54) is 0 Å². The van der Waals surface area contributed by atoms with Crippen molar-refractivity contribution in [1.29, 1.82) is 0 Å². The number of hydrogen-bond acceptors (Lipinski definition) is 5. The van der Waals surface area contributed by atoms with E-state index in [2.05, 4.69) is 0 Å². The molecule has 178 valence electrons. The average Bonchev–Trinajstić information content (AvgIpc) is 3.52. The van der Waals surface area contributed by atoms with Crippen LogP contribution in [0.25, 0.3) is 0 Å². The summed E-state index contributed by atoms with van der Waals surface area (Å²) in [5.74, 6) is 1.74. The molecule has 0 fully saturated rings. The molecule has 2 heterocycles. The van der Waals surface area contributed by atoms with Crippen molar-refractivity contribution in [2.45, 2.75) is 26.8 Å². The van der Waals surface area contributed by atoms with Gasteiger partial charge in [-0.2, -0.15) is 0 Å². The monoisotopic (exact) mass is 462 g/mol. The lowest BCUT2D eigenvalue weighted by Gasteiger charge is -2.28. The zero-order valence-corrected chi connectivity index (χ0v) is 19.6. The van der Waals surface area contributed by atoms with Gasteiger partial charge in [0.25, 0.3) is 5.91 Å². The molecular formula is C27H30N2O5. The van der Waals surface area contributed by atoms with Crippen molar-refractivity contribution in [2.24, 2.45) is 5.92 Å². The molecule has 0 radical (unpaired) electrons. The second-order valence-corrected chi connectivity index (χ2v) is 8.78. The van der Waals surface area contributed by atoms with Crippen LogP contribution in [0.2, 0.25) is 0 Å². The standard InChI is InChI=1S/C27H30N2O5/c1-20(2)16-29(27(31)22-10-11-24-25(15-22)34-19-33-24)18-26(30)28(17-23-9-6-14-32-23)13-12-21-7-4-3-5-8-21/h3-11,14-15,20H,12-13,16-19H2,1-2H3. The van der Waals surface area contributed by atoms with Crippen molar-refractivity contribution < 1.29 is 23.5 Å². The third kappa shape index (κ3) is 5.98. The van der Waals surface area contributed by atoms with E-state index >= 15 is 0 Å². The summed E-state index contributed by atoms with van der Waals surface area (Å²) in [5, 5.41) is 0. The molecule has 34 heavy (non-hydrogen) atoms. The fraction of sp³-hybridized carbons (Fsp3) is 0.333. The molecule has 2 amide bonds. The Bertz CT molecular complexity index is 1100. The Morgan fingerprint density at radius 1 is 0.941 bits per heavy atom. The molecule has 2 aromatic carbocycles. The Labute approximate surface area is 199 Å². The highest BCUT2D eigenvalue weighted by molar-refractivity contribution is 5.97. The zero-order valence-electron chi connectivity index (χ0n) is 19.6. The van der Waals surface area contributed by atoms with Gasteiger partial charge in [0.2, 0.25) is 12.7 Å². The van der Waals surface area contributed by atoms with Crippen molar-refractivity contribution >= 4 is 11.8 Å². The Balaban J connectivity index is 1.50. The van der Waals surface area contributed by atoms with E-state index in [1.807, 2.05) is 56.3 Å². The molecule has 0 aliphatic carbocycles. The third-order valence-electron chi connectivity index (χ3n) is 5.61. The smallest absolute Gasteiger partial charge is 0.254 e. The second kappa shape index (κ2) is 10.9. The second-order valence-electron chi connectivity index (χ2n) is 8.78. The van der Waals surface area contributed by atoms with Crippen molar-refractivity contribution in [2.75, 3.05) is 26.4 Å². The van der Waals surface area contributed by atoms with Gasteiger partial charge < -0.3 is 23.7 Å². The lowest BCUT2D eigenvalue weighted by molar-refractivity contribution is -0.132. The molecule has 0 spiro atoms. The molecule has 1 aliphatic rings. The SMILES string of the molecule is CC(C)CN(CC(=O)N(CCc1ccccc1)Cc1ccco1)C(=O)c1ccc2c(c1)OCO2. The number of furan rings is 1. The van der Waals surface area contributed by atoms with Gasteiger partial charge >= 0.3 is 0 Å². The summed E-state index contributed by atoms with van der Waals surface area (Å²) in [6.45, 7) is 5.53. The summed E-state index contributed by atoms with van der Waals surface area (Å²) in [4.78, 5) is 30.2. The molecule has 0 atom stereocenters. The van der Waals surface area contributed by atoms with Gasteiger partial charge in [-0.15, -0.1) is 0 Å². The molecule has 0 bridgehead atoms. The van der Waals surface area contributed by atoms with Gasteiger partial charge in [-0.25, -0.2) is 0 Å². The molecular weight excluding hydrogens is 432 g/mol. The van der Waals surface area contributed by atoms with Crippen LogP contribution in [0, 0.1) is 5.92 Å². The van der Waals surface area contributed by atoms with Crippen molar-refractivity contribution in [1.82, 2.24) is 9.80 Å². The van der Waals surface area contributed by atoms with Crippen molar-refractivity contribution in [3.8, 4) is 11.5 Å². The van der Waals surface area contributed by atoms with Gasteiger partial charge in [-0.05, 0) is 48.2 Å². The highest BCUT2D eigenvalue weighted by atomic mass is 16.7. The summed E-state index contributed by atoms with van der Waals surface area (Å²) in [6, 6.07) is 18.8. The fourth-order valence-electron chi connectivity index (χ4n) is 3.93. The van der Waals surface area contributed by atoms with Gasteiger partial charge in [-0.3, -0.25) is 9.59 Å². The van der Waals surface area contributed by atoms with Crippen LogP contribution in [0.3, 0.4) is 0 Å². The quantitative estimate of drug-likeness (QED) is 0.447. The van der Waals surface area contributed by atoms with E-state index in [0.29, 0.717) is 48.9 Å². The van der Waals surface area contributed by atoms with E-state index in [9.17, 15) is 9.59 Å². The van der Waals surface area contributed by atoms with Crippen LogP contribution in [0.1, 0.15) is 35.5 Å². The fourth-order valence-corrected chi connectivity index (χ4v) is 3.93. The minimum absolute atomic E-state index is 0.0129. The van der Waals surface area contributed by atoms with E-state index in [4.69, 9.17) is 13.9 Å². The Hall–Kier alpha value is -3.74. The Kier molecular flexibility index (Phi) is 7.52. The van der Waals surface area contributed by atoms with Gasteiger partial charge in [0, 0.05) is 18.7 Å². The third-order valence-corrected chi connectivity index (χ3v) is 5.61. The largest absolute Gasteiger partial charge is 0.467 e. The summed E-state index contributed by atoms with van der Waals surface area (Å²) in [7, 11) is 0. The van der Waals surface area contributed by atoms with Crippen LogP contribution in [-0.2, 0) is 17.8 Å². The van der Waals surface area contributed by atoms with E-state index < -0.39 is 0 Å². The first-order valence-corrected chi connectivity index (χ1v) is 11.5. The van der Waals surface area contributed by atoms with E-state index in [-0.39, 0.29) is 31.1 Å². The normalized spacial score (nSPS) is 12.1. The number of amides is 2. The van der Waals surface area contributed by atoms with Gasteiger partial charge in [0.15, 0.2) is 11.5 Å². The number of rotatable bonds is 10. The molecule has 3 aromatic rings. The number of carbonyl (C=O) groups excluding carboxylic acids is 2. The first-order chi connectivity index (χ1) is 16.5. The molecule has 0 saturated heterocycles. The van der Waals surface area contributed by atoms with Crippen LogP contribution < -0.4 is 9.47 Å². The minimum Gasteiger partial charge on any atom is -0.467 e. The predicted octanol–water partition coefficient (Wildman–Crippen LogP) is 4.38. The maximum Gasteiger partial charge on any atom is 0.254 e. The first kappa shape index (κ1) is 23.4. The number of hydrogen-bond donors (Lipinski definition) is 0. The molecule has 1 aromatic heterocycles. The number of ether oxygens (including phenoxy) is 2. The van der Waals surface area contributed by atoms with Gasteiger partial charge in [-0.1, -0.05) is 44.2 Å². The average molecular weight is 463 g/mol. The Morgan fingerprint density at radius 3 is 2.47 bits per heavy atom. The minimum atomic E-state index is -0.207. The zero-order chi connectivity index (χ0) is 23.9. The topological polar surface area (TPSA) is 72.2 Å². The molecule has 0 N–H and O–H groups in total. The maximum atomic E-state index is 13.5. The Morgan fingerprint density at radius 2 is 1.74 bits per heavy atom. The molecule has 7 nitrogen and oxygen atoms in total. The molecule has 7 heteroatoms. The summed E-state index contributed by atoms with van der Waals surface area (Å²) in [6.07, 6.45) is 2.32. The first-order valence-electron chi connectivity index (χ1n) is 11.5. The van der Waals surface area contributed by atoms with Crippen molar-refractivity contribution in [3.63, 3.8) is 0 Å². The van der Waals surface area contributed by atoms with E-state index in [0.717, 1.165) is 5.56 Å². The molecule has 4 rings (SSSR count). The number of nitrogens with zero attached hydrogens (tertiary/aromatic N) is 2. The molecule has 0 unspecified atom stereocenters. The number of carbonyl (C=O) groups is 2. The number of benzene rings is 2. The molecule has 1 aliphatic heterocycles. The van der Waals surface area contributed by atoms with Crippen LogP contribution in [0.4, 0.5) is 0 Å². The summed E-state index contributed by atoms with van der Waals surface area (Å²) < 4.78 is 16.3. The van der Waals surface area contributed by atoms with Crippen LogP contribution >= 0.6 is 0 Å². The number of fused-ring (bicyclic) bond motifs is 1. The van der Waals surface area contributed by atoms with Gasteiger partial charge in [0.05, 0.1) is 12.8 Å². The summed E-state index contributed by atoms with van der Waals surface area (Å²) >= 11 is 0. The lowest BCUT2D eigenvalue weighted by Crippen LogP contribution is -2.44. The van der Waals surface area contributed by atoms with Crippen LogP contribution in [-0.4, -0.2) is 48.0 Å². The highest BCUT2D eigenvalue weighted by Crippen LogP contribution is 2.32. The van der Waals surface area contributed by atoms with Gasteiger partial charge in [0.1, 0.15) is 12.3 Å². The highest BCUT2D eigenvalue weighted by Gasteiger charge is 2.25. The van der Waals surface area contributed by atoms with Crippen LogP contribution in [0.15, 0.2) is 71.3 Å². The predicted molar refractivity (Wildman–Crippen MR) is 128 cm³/mol. The maximum absolute atomic E-state index is 13.5. The molecule has 0 saturated carbocycles. The van der Waals surface area contributed by atoms with Crippen molar-refractivity contribution in [3.05, 3.63) is 83.8 Å². The van der Waals surface area contributed by atoms with Crippen LogP contribution in [0.5, 0.6) is 11.5 Å². The lowest BCUT2D eigenvalue weighted by atomic mass is 10.1. The summed E-state index contributed by atoms with van der Waals surface area (Å²) in [5.41, 5.74) is 1.62.